The van der Waals surface area contributed by atoms with E-state index in [1.165, 1.54) is 68.6 Å². The molecule has 0 aliphatic heterocycles. The molecule has 3 heteroatoms. The molecule has 0 radical (unpaired) electrons. The Labute approximate surface area is 174 Å². The summed E-state index contributed by atoms with van der Waals surface area (Å²) in [6, 6.07) is 7.34. The number of rotatable bonds is 13. The summed E-state index contributed by atoms with van der Waals surface area (Å²) in [6.45, 7) is 19.6. The molecule has 0 heterocycles. The summed E-state index contributed by atoms with van der Waals surface area (Å²) in [5.74, 6) is 0.925. The first-order valence-corrected chi connectivity index (χ1v) is 11.6. The summed E-state index contributed by atoms with van der Waals surface area (Å²) in [7, 11) is 0. The van der Waals surface area contributed by atoms with Gasteiger partial charge in [-0.1, -0.05) is 39.8 Å². The molecule has 160 valence electrons. The summed E-state index contributed by atoms with van der Waals surface area (Å²) in [5.41, 5.74) is 4.43. The van der Waals surface area contributed by atoms with E-state index in [1.54, 1.807) is 0 Å². The van der Waals surface area contributed by atoms with Crippen LogP contribution in [0.25, 0.3) is 0 Å². The van der Waals surface area contributed by atoms with Gasteiger partial charge in [-0.25, -0.2) is 0 Å². The molecular formula is C25H45N3. The fourth-order valence-corrected chi connectivity index (χ4v) is 4.13. The van der Waals surface area contributed by atoms with Crippen molar-refractivity contribution in [3.63, 3.8) is 0 Å². The van der Waals surface area contributed by atoms with Crippen molar-refractivity contribution in [3.8, 4) is 0 Å². The van der Waals surface area contributed by atoms with Crippen molar-refractivity contribution in [3.05, 3.63) is 29.3 Å². The Hall–Kier alpha value is -1.06. The van der Waals surface area contributed by atoms with Crippen molar-refractivity contribution < 1.29 is 0 Å². The van der Waals surface area contributed by atoms with E-state index in [-0.39, 0.29) is 0 Å². The number of nitrogens with zero attached hydrogens (tertiary/aromatic N) is 1. The number of hydrogen-bond donors (Lipinski definition) is 2. The van der Waals surface area contributed by atoms with Crippen molar-refractivity contribution in [1.82, 2.24) is 10.2 Å². The molecule has 0 aromatic heterocycles. The number of benzene rings is 1. The summed E-state index contributed by atoms with van der Waals surface area (Å²) >= 11 is 0. The first kappa shape index (κ1) is 23.2. The van der Waals surface area contributed by atoms with Crippen molar-refractivity contribution in [1.29, 1.82) is 0 Å². The second-order valence-corrected chi connectivity index (χ2v) is 9.75. The smallest absolute Gasteiger partial charge is 0.0372 e. The molecular weight excluding hydrogens is 342 g/mol. The third kappa shape index (κ3) is 7.40. The van der Waals surface area contributed by atoms with Gasteiger partial charge in [0, 0.05) is 31.4 Å². The third-order valence-corrected chi connectivity index (χ3v) is 6.73. The average Bonchev–Trinajstić information content (AvgIpc) is 2.63. The van der Waals surface area contributed by atoms with Crippen LogP contribution in [0.15, 0.2) is 18.2 Å². The Morgan fingerprint density at radius 3 is 2.50 bits per heavy atom. The molecule has 0 spiro atoms. The summed E-state index contributed by atoms with van der Waals surface area (Å²) in [4.78, 5) is 2.70. The second kappa shape index (κ2) is 11.2. The van der Waals surface area contributed by atoms with Crippen molar-refractivity contribution in [2.24, 2.45) is 11.3 Å². The topological polar surface area (TPSA) is 27.3 Å². The highest BCUT2D eigenvalue weighted by atomic mass is 15.1. The van der Waals surface area contributed by atoms with Crippen LogP contribution >= 0.6 is 0 Å². The highest BCUT2D eigenvalue weighted by Gasteiger charge is 2.29. The van der Waals surface area contributed by atoms with E-state index >= 15 is 0 Å². The zero-order chi connectivity index (χ0) is 20.6. The molecule has 28 heavy (non-hydrogen) atoms. The van der Waals surface area contributed by atoms with Gasteiger partial charge >= 0.3 is 0 Å². The number of aryl methyl sites for hydroxylation is 1. The standard InChI is InChI=1S/C25H45N3/c1-7-13-26-23-17-22(18-23)12-15-28(19-25(5,6)8-2)16-14-27-24-11-9-10-20(3)21(24)4/h9-11,22-23,26-27H,7-8,12-19H2,1-6H3. The minimum atomic E-state index is 0.393. The molecule has 1 aliphatic rings. The van der Waals surface area contributed by atoms with Gasteiger partial charge in [-0.15, -0.1) is 0 Å². The van der Waals surface area contributed by atoms with Crippen molar-refractivity contribution in [2.45, 2.75) is 79.7 Å². The Morgan fingerprint density at radius 1 is 1.07 bits per heavy atom. The first-order chi connectivity index (χ1) is 13.3. The van der Waals surface area contributed by atoms with Crippen LogP contribution in [0.3, 0.4) is 0 Å². The molecule has 0 bridgehead atoms. The largest absolute Gasteiger partial charge is 0.384 e. The molecule has 0 amide bonds. The van der Waals surface area contributed by atoms with E-state index in [0.29, 0.717) is 5.41 Å². The predicted octanol–water partition coefficient (Wildman–Crippen LogP) is 5.62. The van der Waals surface area contributed by atoms with Crippen LogP contribution < -0.4 is 10.6 Å². The maximum atomic E-state index is 3.68. The van der Waals surface area contributed by atoms with Crippen molar-refractivity contribution >= 4 is 5.69 Å². The second-order valence-electron chi connectivity index (χ2n) is 9.75. The Bertz CT molecular complexity index is 575. The maximum absolute atomic E-state index is 3.68. The Balaban J connectivity index is 1.79. The zero-order valence-corrected chi connectivity index (χ0v) is 19.4. The lowest BCUT2D eigenvalue weighted by Gasteiger charge is -2.38. The van der Waals surface area contributed by atoms with Crippen LogP contribution in [0.4, 0.5) is 5.69 Å². The lowest BCUT2D eigenvalue weighted by Crippen LogP contribution is -2.44. The molecule has 1 fully saturated rings. The van der Waals surface area contributed by atoms with E-state index in [1.807, 2.05) is 0 Å². The molecule has 2 rings (SSSR count). The minimum Gasteiger partial charge on any atom is -0.384 e. The first-order valence-electron chi connectivity index (χ1n) is 11.6. The van der Waals surface area contributed by atoms with E-state index in [0.717, 1.165) is 25.0 Å². The molecule has 0 saturated heterocycles. The molecule has 0 atom stereocenters. The van der Waals surface area contributed by atoms with Gasteiger partial charge in [-0.3, -0.25) is 0 Å². The van der Waals surface area contributed by atoms with Crippen molar-refractivity contribution in [2.75, 3.05) is 38.0 Å². The normalized spacial score (nSPS) is 19.7. The Morgan fingerprint density at radius 2 is 1.82 bits per heavy atom. The molecule has 1 saturated carbocycles. The molecule has 1 aromatic rings. The quantitative estimate of drug-likeness (QED) is 0.460. The van der Waals surface area contributed by atoms with Gasteiger partial charge in [0.2, 0.25) is 0 Å². The van der Waals surface area contributed by atoms with Crippen LogP contribution in [0.1, 0.15) is 70.9 Å². The molecule has 2 N–H and O–H groups in total. The zero-order valence-electron chi connectivity index (χ0n) is 19.4. The highest BCUT2D eigenvalue weighted by molar-refractivity contribution is 5.53. The van der Waals surface area contributed by atoms with Gasteiger partial charge in [-0.05, 0) is 87.6 Å². The minimum absolute atomic E-state index is 0.393. The number of anilines is 1. The van der Waals surface area contributed by atoms with Crippen LogP contribution in [0.2, 0.25) is 0 Å². The molecule has 1 aliphatic carbocycles. The Kier molecular flexibility index (Phi) is 9.30. The molecule has 1 aromatic carbocycles. The van der Waals surface area contributed by atoms with Gasteiger partial charge < -0.3 is 15.5 Å². The number of hydrogen-bond acceptors (Lipinski definition) is 3. The third-order valence-electron chi connectivity index (χ3n) is 6.73. The van der Waals surface area contributed by atoms with Crippen LogP contribution in [-0.4, -0.2) is 43.7 Å². The number of nitrogens with one attached hydrogen (secondary N) is 2. The molecule has 3 nitrogen and oxygen atoms in total. The summed E-state index contributed by atoms with van der Waals surface area (Å²) in [5, 5.41) is 7.35. The lowest BCUT2D eigenvalue weighted by atomic mass is 9.78. The predicted molar refractivity (Wildman–Crippen MR) is 124 cm³/mol. The van der Waals surface area contributed by atoms with Gasteiger partial charge in [0.05, 0.1) is 0 Å². The van der Waals surface area contributed by atoms with Crippen LogP contribution in [-0.2, 0) is 0 Å². The lowest BCUT2D eigenvalue weighted by molar-refractivity contribution is 0.142. The fourth-order valence-electron chi connectivity index (χ4n) is 4.13. The monoisotopic (exact) mass is 387 g/mol. The summed E-state index contributed by atoms with van der Waals surface area (Å²) in [6.07, 6.45) is 6.60. The van der Waals surface area contributed by atoms with E-state index in [4.69, 9.17) is 0 Å². The highest BCUT2D eigenvalue weighted by Crippen LogP contribution is 2.31. The van der Waals surface area contributed by atoms with Crippen LogP contribution in [0.5, 0.6) is 0 Å². The van der Waals surface area contributed by atoms with E-state index < -0.39 is 0 Å². The van der Waals surface area contributed by atoms with Gasteiger partial charge in [0.1, 0.15) is 0 Å². The van der Waals surface area contributed by atoms with E-state index in [9.17, 15) is 0 Å². The maximum Gasteiger partial charge on any atom is 0.0372 e. The van der Waals surface area contributed by atoms with Crippen LogP contribution in [0, 0.1) is 25.2 Å². The molecule has 0 unspecified atom stereocenters. The average molecular weight is 388 g/mol. The fraction of sp³-hybridized carbons (Fsp3) is 0.760. The van der Waals surface area contributed by atoms with Gasteiger partial charge in [0.25, 0.3) is 0 Å². The van der Waals surface area contributed by atoms with Gasteiger partial charge in [-0.2, -0.15) is 0 Å². The SMILES string of the molecule is CCCNC1CC(CCN(CCNc2cccc(C)c2C)CC(C)(C)CC)C1. The van der Waals surface area contributed by atoms with E-state index in [2.05, 4.69) is 75.3 Å². The van der Waals surface area contributed by atoms with Gasteiger partial charge in [0.15, 0.2) is 0 Å². The summed E-state index contributed by atoms with van der Waals surface area (Å²) < 4.78 is 0.